The quantitative estimate of drug-likeness (QED) is 0.805. The standard InChI is InChI=1S/C12H15N3O3S/c1-2-9-3-4-11(7-12(9)13)19(16,17)14-8-10-5-6-18-15-10/h3-7,14H,2,8,13H2,1H3. The number of aryl methyl sites for hydroxylation is 1. The zero-order valence-corrected chi connectivity index (χ0v) is 11.3. The molecule has 1 heterocycles. The molecule has 102 valence electrons. The minimum absolute atomic E-state index is 0.0776. The van der Waals surface area contributed by atoms with Crippen molar-refractivity contribution >= 4 is 15.7 Å². The number of sulfonamides is 1. The van der Waals surface area contributed by atoms with Gasteiger partial charge in [0, 0.05) is 11.8 Å². The highest BCUT2D eigenvalue weighted by Gasteiger charge is 2.15. The molecule has 2 rings (SSSR count). The third kappa shape index (κ3) is 3.12. The van der Waals surface area contributed by atoms with Crippen LogP contribution < -0.4 is 10.5 Å². The number of nitrogens with one attached hydrogen (secondary N) is 1. The van der Waals surface area contributed by atoms with Gasteiger partial charge in [-0.15, -0.1) is 0 Å². The Balaban J connectivity index is 2.17. The van der Waals surface area contributed by atoms with Crippen LogP contribution in [0.4, 0.5) is 5.69 Å². The van der Waals surface area contributed by atoms with Crippen molar-refractivity contribution in [3.8, 4) is 0 Å². The van der Waals surface area contributed by atoms with Gasteiger partial charge >= 0.3 is 0 Å². The van der Waals surface area contributed by atoms with Gasteiger partial charge in [0.15, 0.2) is 0 Å². The smallest absolute Gasteiger partial charge is 0.240 e. The summed E-state index contributed by atoms with van der Waals surface area (Å²) < 4.78 is 31.2. The number of hydrogen-bond acceptors (Lipinski definition) is 5. The van der Waals surface area contributed by atoms with Crippen LogP contribution in [0.5, 0.6) is 0 Å². The zero-order valence-electron chi connectivity index (χ0n) is 10.5. The Morgan fingerprint density at radius 2 is 2.16 bits per heavy atom. The van der Waals surface area contributed by atoms with E-state index in [2.05, 4.69) is 14.4 Å². The molecule has 3 N–H and O–H groups in total. The molecule has 7 heteroatoms. The molecule has 0 spiro atoms. The number of nitrogens with zero attached hydrogens (tertiary/aromatic N) is 1. The van der Waals surface area contributed by atoms with Crippen molar-refractivity contribution in [2.75, 3.05) is 5.73 Å². The number of nitrogen functional groups attached to an aromatic ring is 1. The van der Waals surface area contributed by atoms with Gasteiger partial charge in [0.05, 0.1) is 17.1 Å². The molecular formula is C12H15N3O3S. The highest BCUT2D eigenvalue weighted by atomic mass is 32.2. The largest absolute Gasteiger partial charge is 0.398 e. The predicted octanol–water partition coefficient (Wildman–Crippen LogP) is 1.30. The third-order valence-corrected chi connectivity index (χ3v) is 4.14. The van der Waals surface area contributed by atoms with E-state index in [1.54, 1.807) is 18.2 Å². The van der Waals surface area contributed by atoms with Gasteiger partial charge in [-0.3, -0.25) is 0 Å². The second kappa shape index (κ2) is 5.41. The van der Waals surface area contributed by atoms with Gasteiger partial charge in [0.2, 0.25) is 10.0 Å². The van der Waals surface area contributed by atoms with Gasteiger partial charge in [0.25, 0.3) is 0 Å². The third-order valence-electron chi connectivity index (χ3n) is 2.74. The Hall–Kier alpha value is -1.86. The topological polar surface area (TPSA) is 98.2 Å². The van der Waals surface area contributed by atoms with Crippen molar-refractivity contribution < 1.29 is 12.9 Å². The number of anilines is 1. The maximum Gasteiger partial charge on any atom is 0.240 e. The highest BCUT2D eigenvalue weighted by molar-refractivity contribution is 7.89. The molecule has 0 saturated carbocycles. The van der Waals surface area contributed by atoms with Crippen molar-refractivity contribution in [1.82, 2.24) is 9.88 Å². The average molecular weight is 281 g/mol. The van der Waals surface area contributed by atoms with Crippen molar-refractivity contribution in [2.24, 2.45) is 0 Å². The van der Waals surface area contributed by atoms with Crippen molar-refractivity contribution in [3.05, 3.63) is 41.8 Å². The summed E-state index contributed by atoms with van der Waals surface area (Å²) in [5.74, 6) is 0. The lowest BCUT2D eigenvalue weighted by Crippen LogP contribution is -2.23. The van der Waals surface area contributed by atoms with E-state index in [4.69, 9.17) is 5.73 Å². The van der Waals surface area contributed by atoms with Gasteiger partial charge in [-0.2, -0.15) is 0 Å². The summed E-state index contributed by atoms with van der Waals surface area (Å²) in [7, 11) is -3.60. The molecule has 0 saturated heterocycles. The zero-order chi connectivity index (χ0) is 13.9. The summed E-state index contributed by atoms with van der Waals surface area (Å²) in [6.45, 7) is 2.04. The molecule has 0 aliphatic carbocycles. The second-order valence-corrected chi connectivity index (χ2v) is 5.80. The fourth-order valence-electron chi connectivity index (χ4n) is 1.64. The molecule has 0 unspecified atom stereocenters. The predicted molar refractivity (Wildman–Crippen MR) is 70.8 cm³/mol. The van der Waals surface area contributed by atoms with E-state index in [0.29, 0.717) is 11.4 Å². The van der Waals surface area contributed by atoms with Crippen LogP contribution >= 0.6 is 0 Å². The van der Waals surface area contributed by atoms with Crippen LogP contribution in [0.25, 0.3) is 0 Å². The monoisotopic (exact) mass is 281 g/mol. The van der Waals surface area contributed by atoms with Crippen LogP contribution in [0.2, 0.25) is 0 Å². The van der Waals surface area contributed by atoms with Crippen LogP contribution in [0, 0.1) is 0 Å². The van der Waals surface area contributed by atoms with E-state index in [9.17, 15) is 8.42 Å². The Kier molecular flexibility index (Phi) is 3.87. The lowest BCUT2D eigenvalue weighted by molar-refractivity contribution is 0.411. The molecule has 19 heavy (non-hydrogen) atoms. The van der Waals surface area contributed by atoms with Crippen molar-refractivity contribution in [2.45, 2.75) is 24.8 Å². The van der Waals surface area contributed by atoms with Gasteiger partial charge in [-0.05, 0) is 24.1 Å². The van der Waals surface area contributed by atoms with Gasteiger partial charge in [-0.25, -0.2) is 13.1 Å². The van der Waals surface area contributed by atoms with E-state index < -0.39 is 10.0 Å². The Morgan fingerprint density at radius 1 is 1.37 bits per heavy atom. The maximum atomic E-state index is 12.1. The van der Waals surface area contributed by atoms with Crippen molar-refractivity contribution in [1.29, 1.82) is 0 Å². The number of aromatic nitrogens is 1. The van der Waals surface area contributed by atoms with Crippen LogP contribution in [0.3, 0.4) is 0 Å². The molecule has 0 fully saturated rings. The number of nitrogens with two attached hydrogens (primary N) is 1. The Morgan fingerprint density at radius 3 is 2.74 bits per heavy atom. The SMILES string of the molecule is CCc1ccc(S(=O)(=O)NCc2ccon2)cc1N. The van der Waals surface area contributed by atoms with Gasteiger partial charge in [-0.1, -0.05) is 18.1 Å². The van der Waals surface area contributed by atoms with Crippen LogP contribution in [0.1, 0.15) is 18.2 Å². The lowest BCUT2D eigenvalue weighted by atomic mass is 10.1. The number of benzene rings is 1. The molecule has 0 atom stereocenters. The fourth-order valence-corrected chi connectivity index (χ4v) is 2.68. The number of hydrogen-bond donors (Lipinski definition) is 2. The first kappa shape index (κ1) is 13.6. The van der Waals surface area contributed by atoms with Gasteiger partial charge < -0.3 is 10.3 Å². The van der Waals surface area contributed by atoms with E-state index in [1.165, 1.54) is 12.3 Å². The van der Waals surface area contributed by atoms with Crippen LogP contribution in [-0.2, 0) is 23.0 Å². The van der Waals surface area contributed by atoms with Crippen LogP contribution in [-0.4, -0.2) is 13.6 Å². The summed E-state index contributed by atoms with van der Waals surface area (Å²) in [5.41, 5.74) is 7.72. The fraction of sp³-hybridized carbons (Fsp3) is 0.250. The second-order valence-electron chi connectivity index (χ2n) is 4.03. The molecule has 1 aromatic heterocycles. The molecule has 2 aromatic rings. The van der Waals surface area contributed by atoms with E-state index in [-0.39, 0.29) is 11.4 Å². The van der Waals surface area contributed by atoms with Crippen LogP contribution in [0.15, 0.2) is 39.9 Å². The summed E-state index contributed by atoms with van der Waals surface area (Å²) in [5, 5.41) is 3.63. The summed E-state index contributed by atoms with van der Waals surface area (Å²) >= 11 is 0. The first-order valence-corrected chi connectivity index (χ1v) is 7.28. The average Bonchev–Trinajstić information content (AvgIpc) is 2.89. The minimum atomic E-state index is -3.60. The molecular weight excluding hydrogens is 266 g/mol. The first-order valence-electron chi connectivity index (χ1n) is 5.80. The minimum Gasteiger partial charge on any atom is -0.398 e. The number of rotatable bonds is 5. The normalized spacial score (nSPS) is 11.6. The highest BCUT2D eigenvalue weighted by Crippen LogP contribution is 2.18. The maximum absolute atomic E-state index is 12.1. The van der Waals surface area contributed by atoms with E-state index in [0.717, 1.165) is 12.0 Å². The Bertz CT molecular complexity index is 651. The molecule has 0 amide bonds. The molecule has 0 radical (unpaired) electrons. The molecule has 0 aliphatic heterocycles. The Labute approximate surface area is 111 Å². The van der Waals surface area contributed by atoms with E-state index >= 15 is 0 Å². The molecule has 1 aromatic carbocycles. The van der Waals surface area contributed by atoms with E-state index in [1.807, 2.05) is 6.92 Å². The van der Waals surface area contributed by atoms with Gasteiger partial charge in [0.1, 0.15) is 6.26 Å². The summed E-state index contributed by atoms with van der Waals surface area (Å²) in [6.07, 6.45) is 2.15. The summed E-state index contributed by atoms with van der Waals surface area (Å²) in [4.78, 5) is 0.144. The molecule has 6 nitrogen and oxygen atoms in total. The molecule has 0 aliphatic rings. The summed E-state index contributed by atoms with van der Waals surface area (Å²) in [6, 6.07) is 6.32. The van der Waals surface area contributed by atoms with Crippen molar-refractivity contribution in [3.63, 3.8) is 0 Å². The molecule has 0 bridgehead atoms. The lowest BCUT2D eigenvalue weighted by Gasteiger charge is -2.08. The first-order chi connectivity index (χ1) is 9.03.